The third kappa shape index (κ3) is 4.09. The lowest BCUT2D eigenvalue weighted by molar-refractivity contribution is -0.121. The Bertz CT molecular complexity index is 625. The van der Waals surface area contributed by atoms with Crippen molar-refractivity contribution in [1.29, 1.82) is 0 Å². The van der Waals surface area contributed by atoms with Gasteiger partial charge in [-0.2, -0.15) is 0 Å². The van der Waals surface area contributed by atoms with Gasteiger partial charge in [-0.3, -0.25) is 4.79 Å². The molecule has 1 saturated heterocycles. The number of hydrogen-bond acceptors (Lipinski definition) is 4. The van der Waals surface area contributed by atoms with Crippen LogP contribution in [0.5, 0.6) is 11.5 Å². The molecule has 1 aromatic carbocycles. The summed E-state index contributed by atoms with van der Waals surface area (Å²) in [5.74, 6) is 1.85. The maximum atomic E-state index is 12.4. The number of carbonyl (C=O) groups excluding carboxylic acids is 1. The minimum absolute atomic E-state index is 0. The largest absolute Gasteiger partial charge is 0.486 e. The van der Waals surface area contributed by atoms with Gasteiger partial charge in [-0.05, 0) is 49.9 Å². The molecule has 26 heavy (non-hydrogen) atoms. The molecule has 0 bridgehead atoms. The second-order valence-electron chi connectivity index (χ2n) is 7.62. The summed E-state index contributed by atoms with van der Waals surface area (Å²) in [5, 5.41) is 6.62. The van der Waals surface area contributed by atoms with Crippen LogP contribution in [0.15, 0.2) is 18.2 Å². The fraction of sp³-hybridized carbons (Fsp3) is 0.650. The first-order valence-corrected chi connectivity index (χ1v) is 9.65. The van der Waals surface area contributed by atoms with Crippen molar-refractivity contribution in [3.8, 4) is 11.5 Å². The summed E-state index contributed by atoms with van der Waals surface area (Å²) in [6, 6.07) is 6.66. The highest BCUT2D eigenvalue weighted by molar-refractivity contribution is 5.85. The first kappa shape index (κ1) is 19.3. The summed E-state index contributed by atoms with van der Waals surface area (Å²) in [4.78, 5) is 12.4. The fourth-order valence-corrected chi connectivity index (χ4v) is 4.49. The van der Waals surface area contributed by atoms with E-state index < -0.39 is 0 Å². The zero-order chi connectivity index (χ0) is 17.1. The number of hydrogen-bond donors (Lipinski definition) is 2. The second kappa shape index (κ2) is 8.49. The van der Waals surface area contributed by atoms with Crippen molar-refractivity contribution in [3.05, 3.63) is 23.8 Å². The number of ether oxygens (including phenoxy) is 2. The Morgan fingerprint density at radius 3 is 2.65 bits per heavy atom. The van der Waals surface area contributed by atoms with Gasteiger partial charge in [0.1, 0.15) is 13.2 Å². The number of carbonyl (C=O) groups is 1. The molecule has 1 atom stereocenters. The maximum absolute atomic E-state index is 12.4. The maximum Gasteiger partial charge on any atom is 0.221 e. The molecule has 5 nitrogen and oxygen atoms in total. The third-order valence-electron chi connectivity index (χ3n) is 5.93. The van der Waals surface area contributed by atoms with Crippen molar-refractivity contribution < 1.29 is 14.3 Å². The SMILES string of the molecule is Cl.O=C(CC1CCCN1)NCC1(c2ccc3c(c2)OCCO3)CCCC1. The van der Waals surface area contributed by atoms with E-state index in [9.17, 15) is 4.79 Å². The van der Waals surface area contributed by atoms with E-state index >= 15 is 0 Å². The Hall–Kier alpha value is -1.46. The van der Waals surface area contributed by atoms with Crippen molar-refractivity contribution in [2.75, 3.05) is 26.3 Å². The molecule has 1 amide bonds. The van der Waals surface area contributed by atoms with Gasteiger partial charge < -0.3 is 20.1 Å². The van der Waals surface area contributed by atoms with Crippen LogP contribution in [0.4, 0.5) is 0 Å². The third-order valence-corrected chi connectivity index (χ3v) is 5.93. The van der Waals surface area contributed by atoms with Crippen LogP contribution in [-0.4, -0.2) is 38.3 Å². The molecule has 1 unspecified atom stereocenters. The Morgan fingerprint density at radius 1 is 1.15 bits per heavy atom. The van der Waals surface area contributed by atoms with E-state index in [-0.39, 0.29) is 23.7 Å². The van der Waals surface area contributed by atoms with Gasteiger partial charge in [0.25, 0.3) is 0 Å². The molecule has 2 fully saturated rings. The second-order valence-corrected chi connectivity index (χ2v) is 7.62. The van der Waals surface area contributed by atoms with E-state index in [1.807, 2.05) is 6.07 Å². The van der Waals surface area contributed by atoms with E-state index in [2.05, 4.69) is 22.8 Å². The van der Waals surface area contributed by atoms with E-state index in [1.54, 1.807) is 0 Å². The predicted molar refractivity (Wildman–Crippen MR) is 103 cm³/mol. The number of fused-ring (bicyclic) bond motifs is 1. The molecular weight excluding hydrogens is 352 g/mol. The van der Waals surface area contributed by atoms with Crippen LogP contribution in [-0.2, 0) is 10.2 Å². The molecule has 1 saturated carbocycles. The summed E-state index contributed by atoms with van der Waals surface area (Å²) in [7, 11) is 0. The van der Waals surface area contributed by atoms with Gasteiger partial charge in [-0.25, -0.2) is 0 Å². The van der Waals surface area contributed by atoms with Gasteiger partial charge in [-0.1, -0.05) is 18.9 Å². The number of nitrogens with one attached hydrogen (secondary N) is 2. The highest BCUT2D eigenvalue weighted by atomic mass is 35.5. The van der Waals surface area contributed by atoms with Crippen LogP contribution in [0, 0.1) is 0 Å². The Morgan fingerprint density at radius 2 is 1.92 bits per heavy atom. The lowest BCUT2D eigenvalue weighted by atomic mass is 9.78. The predicted octanol–water partition coefficient (Wildman–Crippen LogP) is 2.95. The van der Waals surface area contributed by atoms with Crippen molar-refractivity contribution in [2.45, 2.75) is 56.4 Å². The van der Waals surface area contributed by atoms with Crippen molar-refractivity contribution in [2.24, 2.45) is 0 Å². The number of rotatable bonds is 5. The Labute approximate surface area is 161 Å². The van der Waals surface area contributed by atoms with Crippen molar-refractivity contribution in [3.63, 3.8) is 0 Å². The lowest BCUT2D eigenvalue weighted by Gasteiger charge is -2.31. The quantitative estimate of drug-likeness (QED) is 0.824. The molecule has 0 radical (unpaired) electrons. The normalized spacial score (nSPS) is 23.3. The summed E-state index contributed by atoms with van der Waals surface area (Å²) < 4.78 is 11.4. The van der Waals surface area contributed by atoms with Crippen LogP contribution in [0.25, 0.3) is 0 Å². The molecule has 2 heterocycles. The molecule has 1 aliphatic carbocycles. The fourth-order valence-electron chi connectivity index (χ4n) is 4.49. The van der Waals surface area contributed by atoms with E-state index in [1.165, 1.54) is 24.8 Å². The number of benzene rings is 1. The molecular formula is C20H29ClN2O3. The molecule has 4 rings (SSSR count). The molecule has 1 aromatic rings. The van der Waals surface area contributed by atoms with Gasteiger partial charge in [0.15, 0.2) is 11.5 Å². The van der Waals surface area contributed by atoms with Crippen LogP contribution in [0.2, 0.25) is 0 Å². The van der Waals surface area contributed by atoms with E-state index in [4.69, 9.17) is 9.47 Å². The summed E-state index contributed by atoms with van der Waals surface area (Å²) >= 11 is 0. The standard InChI is InChI=1S/C20H28N2O3.ClH/c23-19(13-16-4-3-9-21-16)22-14-20(7-1-2-8-20)15-5-6-17-18(12-15)25-11-10-24-17;/h5-6,12,16,21H,1-4,7-11,13-14H2,(H,22,23);1H. The van der Waals surface area contributed by atoms with Gasteiger partial charge in [-0.15, -0.1) is 12.4 Å². The van der Waals surface area contributed by atoms with Crippen LogP contribution < -0.4 is 20.1 Å². The average Bonchev–Trinajstić information content (AvgIpc) is 3.32. The number of amides is 1. The van der Waals surface area contributed by atoms with Gasteiger partial charge in [0.2, 0.25) is 5.91 Å². The van der Waals surface area contributed by atoms with Crippen molar-refractivity contribution >= 4 is 18.3 Å². The molecule has 0 spiro atoms. The zero-order valence-corrected chi connectivity index (χ0v) is 16.0. The van der Waals surface area contributed by atoms with Crippen LogP contribution in [0.1, 0.15) is 50.5 Å². The minimum atomic E-state index is 0. The minimum Gasteiger partial charge on any atom is -0.486 e. The average molecular weight is 381 g/mol. The van der Waals surface area contributed by atoms with Crippen LogP contribution >= 0.6 is 12.4 Å². The molecule has 2 aliphatic heterocycles. The van der Waals surface area contributed by atoms with E-state index in [0.29, 0.717) is 25.7 Å². The number of halogens is 1. The Kier molecular flexibility index (Phi) is 6.30. The van der Waals surface area contributed by atoms with Crippen LogP contribution in [0.3, 0.4) is 0 Å². The molecule has 6 heteroatoms. The van der Waals surface area contributed by atoms with Gasteiger partial charge in [0.05, 0.1) is 0 Å². The molecule has 0 aromatic heterocycles. The smallest absolute Gasteiger partial charge is 0.221 e. The summed E-state index contributed by atoms with van der Waals surface area (Å²) in [6.45, 7) is 2.98. The van der Waals surface area contributed by atoms with Gasteiger partial charge in [0, 0.05) is 24.4 Å². The lowest BCUT2D eigenvalue weighted by Crippen LogP contribution is -2.41. The van der Waals surface area contributed by atoms with E-state index in [0.717, 1.165) is 43.9 Å². The highest BCUT2D eigenvalue weighted by Crippen LogP contribution is 2.43. The monoisotopic (exact) mass is 380 g/mol. The summed E-state index contributed by atoms with van der Waals surface area (Å²) in [5.41, 5.74) is 1.31. The first-order valence-electron chi connectivity index (χ1n) is 9.65. The molecule has 3 aliphatic rings. The Balaban J connectivity index is 0.00000196. The summed E-state index contributed by atoms with van der Waals surface area (Å²) in [6.07, 6.45) is 7.56. The highest BCUT2D eigenvalue weighted by Gasteiger charge is 2.37. The first-order chi connectivity index (χ1) is 12.3. The molecule has 144 valence electrons. The molecule has 2 N–H and O–H groups in total. The zero-order valence-electron chi connectivity index (χ0n) is 15.2. The van der Waals surface area contributed by atoms with Crippen molar-refractivity contribution in [1.82, 2.24) is 10.6 Å². The topological polar surface area (TPSA) is 59.6 Å². The van der Waals surface area contributed by atoms with Gasteiger partial charge >= 0.3 is 0 Å².